The van der Waals surface area contributed by atoms with Crippen LogP contribution in [-0.2, 0) is 9.59 Å². The van der Waals surface area contributed by atoms with Crippen molar-refractivity contribution in [1.29, 1.82) is 0 Å². The fourth-order valence-electron chi connectivity index (χ4n) is 0.0960. The van der Waals surface area contributed by atoms with Crippen molar-refractivity contribution in [3.63, 3.8) is 0 Å². The molecule has 2 amide bonds. The highest BCUT2D eigenvalue weighted by Crippen LogP contribution is 1.45. The van der Waals surface area contributed by atoms with Gasteiger partial charge >= 0.3 is 0 Å². The summed E-state index contributed by atoms with van der Waals surface area (Å²) in [7, 11) is 0. The van der Waals surface area contributed by atoms with Crippen LogP contribution in [0.5, 0.6) is 0 Å². The normalized spacial score (nSPS) is 7.64. The van der Waals surface area contributed by atoms with E-state index in [9.17, 15) is 4.79 Å². The maximum atomic E-state index is 9.27. The van der Waals surface area contributed by atoms with Crippen LogP contribution >= 0.6 is 0 Å². The van der Waals surface area contributed by atoms with Crippen molar-refractivity contribution in [2.75, 3.05) is 0 Å². The van der Waals surface area contributed by atoms with Gasteiger partial charge in [-0.1, -0.05) is 0 Å². The third-order valence-electron chi connectivity index (χ3n) is 0.349. The van der Waals surface area contributed by atoms with Gasteiger partial charge in [0.2, 0.25) is 12.8 Å². The molecule has 0 fully saturated rings. The average Bonchev–Trinajstić information content (AvgIpc) is 1.90. The molecule has 11 heavy (non-hydrogen) atoms. The second-order valence-corrected chi connectivity index (χ2v) is 1.06. The molecule has 0 aromatic carbocycles. The Morgan fingerprint density at radius 3 is 1.73 bits per heavy atom. The van der Waals surface area contributed by atoms with E-state index in [1.807, 2.05) is 0 Å². The predicted octanol–water partition coefficient (Wildman–Crippen LogP) is -2.45. The van der Waals surface area contributed by atoms with Crippen LogP contribution in [0.4, 0.5) is 0 Å². The Balaban J connectivity index is 0. The molecule has 0 aliphatic carbocycles. The lowest BCUT2D eigenvalue weighted by Gasteiger charge is -1.76. The van der Waals surface area contributed by atoms with Crippen LogP contribution in [-0.4, -0.2) is 25.1 Å². The number of guanidine groups is 1. The van der Waals surface area contributed by atoms with Gasteiger partial charge in [-0.25, -0.2) is 4.99 Å². The molecular formula is C4H9N5O2. The van der Waals surface area contributed by atoms with Crippen molar-refractivity contribution < 1.29 is 9.59 Å². The van der Waals surface area contributed by atoms with E-state index in [1.54, 1.807) is 0 Å². The third kappa shape index (κ3) is 31.5. The molecule has 62 valence electrons. The minimum absolute atomic E-state index is 0.204. The van der Waals surface area contributed by atoms with E-state index in [2.05, 4.69) is 15.7 Å². The molecule has 0 aromatic heterocycles. The minimum atomic E-state index is -0.204. The third-order valence-corrected chi connectivity index (χ3v) is 0.349. The van der Waals surface area contributed by atoms with Gasteiger partial charge in [0.05, 0.1) is 6.34 Å². The molecule has 0 saturated carbocycles. The van der Waals surface area contributed by atoms with Gasteiger partial charge in [-0.2, -0.15) is 4.99 Å². The first-order chi connectivity index (χ1) is 5.18. The number of carbonyl (C=O) groups is 2. The van der Waals surface area contributed by atoms with E-state index in [-0.39, 0.29) is 12.4 Å². The Labute approximate surface area is 63.0 Å². The predicted molar refractivity (Wildman–Crippen MR) is 40.6 cm³/mol. The summed E-state index contributed by atoms with van der Waals surface area (Å²) in [4.78, 5) is 24.3. The molecule has 0 radical (unpaired) electrons. The van der Waals surface area contributed by atoms with Crippen molar-refractivity contribution >= 4 is 25.1 Å². The van der Waals surface area contributed by atoms with Crippen molar-refractivity contribution in [2.45, 2.75) is 0 Å². The first kappa shape index (κ1) is 11.8. The molecule has 7 heteroatoms. The summed E-state index contributed by atoms with van der Waals surface area (Å²) in [5, 5.41) is 0. The Kier molecular flexibility index (Phi) is 11.8. The van der Waals surface area contributed by atoms with Crippen molar-refractivity contribution in [3.05, 3.63) is 0 Å². The molecule has 0 heterocycles. The summed E-state index contributed by atoms with van der Waals surface area (Å²) in [6.45, 7) is 0. The van der Waals surface area contributed by atoms with E-state index in [4.69, 9.17) is 16.3 Å². The van der Waals surface area contributed by atoms with Gasteiger partial charge in [0.25, 0.3) is 0 Å². The maximum Gasteiger partial charge on any atom is 0.236 e. The van der Waals surface area contributed by atoms with Crippen LogP contribution in [0.2, 0.25) is 0 Å². The summed E-state index contributed by atoms with van der Waals surface area (Å²) in [5.41, 5.74) is 14.0. The Bertz CT molecular complexity index is 160. The van der Waals surface area contributed by atoms with Crippen LogP contribution in [0.25, 0.3) is 0 Å². The molecule has 0 bridgehead atoms. The summed E-state index contributed by atoms with van der Waals surface area (Å²) in [6.07, 6.45) is 1.60. The maximum absolute atomic E-state index is 9.27. The lowest BCUT2D eigenvalue weighted by Crippen LogP contribution is -2.22. The van der Waals surface area contributed by atoms with Crippen molar-refractivity contribution in [2.24, 2.45) is 27.2 Å². The smallest absolute Gasteiger partial charge is 0.236 e. The summed E-state index contributed by atoms with van der Waals surface area (Å²) in [6, 6.07) is 0. The van der Waals surface area contributed by atoms with E-state index < -0.39 is 0 Å². The zero-order chi connectivity index (χ0) is 9.11. The number of nitrogens with zero attached hydrogens (tertiary/aromatic N) is 2. The largest absolute Gasteiger partial charge is 0.390 e. The molecule has 0 rings (SSSR count). The van der Waals surface area contributed by atoms with Crippen LogP contribution in [0.1, 0.15) is 0 Å². The minimum Gasteiger partial charge on any atom is -0.390 e. The second kappa shape index (κ2) is 11.0. The van der Waals surface area contributed by atoms with E-state index in [0.717, 1.165) is 6.34 Å². The van der Waals surface area contributed by atoms with Crippen LogP contribution < -0.4 is 17.2 Å². The van der Waals surface area contributed by atoms with E-state index in [0.29, 0.717) is 6.41 Å². The van der Waals surface area contributed by atoms with Gasteiger partial charge in [-0.3, -0.25) is 9.59 Å². The van der Waals surface area contributed by atoms with E-state index in [1.165, 1.54) is 0 Å². The summed E-state index contributed by atoms with van der Waals surface area (Å²) < 4.78 is 0. The first-order valence-corrected chi connectivity index (χ1v) is 2.38. The van der Waals surface area contributed by atoms with Crippen molar-refractivity contribution in [3.8, 4) is 0 Å². The quantitative estimate of drug-likeness (QED) is 0.233. The number of carbonyl (C=O) groups excluding carboxylic acids is 2. The van der Waals surface area contributed by atoms with Gasteiger partial charge in [0, 0.05) is 0 Å². The monoisotopic (exact) mass is 159 g/mol. The van der Waals surface area contributed by atoms with Crippen LogP contribution in [0, 0.1) is 0 Å². The van der Waals surface area contributed by atoms with Gasteiger partial charge in [0.1, 0.15) is 0 Å². The number of amides is 2. The molecular weight excluding hydrogens is 150 g/mol. The molecule has 0 spiro atoms. The molecule has 0 unspecified atom stereocenters. The van der Waals surface area contributed by atoms with Gasteiger partial charge in [0.15, 0.2) is 5.96 Å². The highest BCUT2D eigenvalue weighted by molar-refractivity contribution is 5.82. The topological polar surface area (TPSA) is 137 Å². The van der Waals surface area contributed by atoms with Crippen LogP contribution in [0.3, 0.4) is 0 Å². The number of rotatable bonds is 2. The lowest BCUT2D eigenvalue weighted by atomic mass is 11.1. The zero-order valence-corrected chi connectivity index (χ0v) is 5.68. The van der Waals surface area contributed by atoms with E-state index >= 15 is 0 Å². The lowest BCUT2D eigenvalue weighted by molar-refractivity contribution is -0.107. The van der Waals surface area contributed by atoms with Crippen LogP contribution in [0.15, 0.2) is 9.98 Å². The zero-order valence-electron chi connectivity index (χ0n) is 5.68. The van der Waals surface area contributed by atoms with Gasteiger partial charge < -0.3 is 17.2 Å². The Morgan fingerprint density at radius 1 is 1.18 bits per heavy atom. The van der Waals surface area contributed by atoms with Crippen molar-refractivity contribution in [1.82, 2.24) is 0 Å². The standard InChI is InChI=1S/C2H5N3O.C2H4N2O/c3-2(4)5-1-6;3-1-4-2-5/h1H,(H4,3,4,5,6);1-2H,(H2,3,4,5). The molecule has 0 atom stereocenters. The first-order valence-electron chi connectivity index (χ1n) is 2.38. The number of hydrogen-bond acceptors (Lipinski definition) is 2. The molecule has 0 aliphatic rings. The molecule has 0 aromatic rings. The number of hydrogen-bond donors (Lipinski definition) is 3. The number of nitrogens with two attached hydrogens (primary N) is 3. The van der Waals surface area contributed by atoms with Gasteiger partial charge in [-0.05, 0) is 0 Å². The highest BCUT2D eigenvalue weighted by Gasteiger charge is 1.67. The summed E-state index contributed by atoms with van der Waals surface area (Å²) >= 11 is 0. The fourth-order valence-corrected chi connectivity index (χ4v) is 0.0960. The Morgan fingerprint density at radius 2 is 1.73 bits per heavy atom. The number of aliphatic imine (C=N–C) groups is 2. The molecule has 0 saturated heterocycles. The highest BCUT2D eigenvalue weighted by atomic mass is 16.1. The van der Waals surface area contributed by atoms with Gasteiger partial charge in [-0.15, -0.1) is 0 Å². The molecule has 0 aliphatic heterocycles. The summed E-state index contributed by atoms with van der Waals surface area (Å²) in [5.74, 6) is -0.204. The Hall–Kier alpha value is -1.92. The molecule has 7 nitrogen and oxygen atoms in total. The average molecular weight is 159 g/mol. The SMILES string of the molecule is NC(N)=NC=O.NC=NC=O. The molecule has 6 N–H and O–H groups in total. The second-order valence-electron chi connectivity index (χ2n) is 1.06. The fraction of sp³-hybridized carbons (Fsp3) is 0.